The minimum Gasteiger partial charge on any atom is -0.412 e. The molecule has 0 aromatic carbocycles. The van der Waals surface area contributed by atoms with Gasteiger partial charge in [-0.1, -0.05) is 0 Å². The third-order valence-corrected chi connectivity index (χ3v) is 1.63. The van der Waals surface area contributed by atoms with E-state index in [1.807, 2.05) is 0 Å². The Morgan fingerprint density at radius 3 is 1.00 bits per heavy atom. The molecular weight excluding hydrogens is 152 g/mol. The molecule has 0 unspecified atom stereocenters. The van der Waals surface area contributed by atoms with Crippen LogP contribution in [0.5, 0.6) is 0 Å². The molecule has 0 atom stereocenters. The van der Waals surface area contributed by atoms with Gasteiger partial charge in [-0.15, -0.1) is 0 Å². The van der Waals surface area contributed by atoms with Gasteiger partial charge in [0.25, 0.3) is 0 Å². The van der Waals surface area contributed by atoms with E-state index in [0.29, 0.717) is 19.3 Å². The van der Waals surface area contributed by atoms with E-state index in [4.69, 9.17) is 15.3 Å². The van der Waals surface area contributed by atoms with Crippen molar-refractivity contribution >= 4 is 0 Å². The van der Waals surface area contributed by atoms with Gasteiger partial charge < -0.3 is 26.3 Å². The highest BCUT2D eigenvalue weighted by molar-refractivity contribution is 4.76. The quantitative estimate of drug-likeness (QED) is 0.373. The van der Waals surface area contributed by atoms with Crippen LogP contribution in [0, 0.1) is 0 Å². The molecule has 0 aromatic rings. The zero-order chi connectivity index (χ0) is 6.85. The molecule has 1 aliphatic rings. The maximum Gasteiger partial charge on any atom is 0.0589 e. The Balaban J connectivity index is 0. The molecule has 0 radical (unpaired) electrons. The van der Waals surface area contributed by atoms with E-state index in [1.165, 1.54) is 0 Å². The minimum atomic E-state index is -0.510. The first-order chi connectivity index (χ1) is 4.18. The second kappa shape index (κ2) is 5.45. The zero-order valence-electron chi connectivity index (χ0n) is 6.20. The lowest BCUT2D eigenvalue weighted by Crippen LogP contribution is -2.32. The number of aliphatic hydroxyl groups excluding tert-OH is 3. The average Bonchev–Trinajstić information content (AvgIpc) is 1.59. The first kappa shape index (κ1) is 13.4. The number of hydrogen-bond donors (Lipinski definition) is 3. The molecule has 0 aromatic heterocycles. The maximum atomic E-state index is 8.93. The van der Waals surface area contributed by atoms with E-state index in [-0.39, 0.29) is 11.0 Å². The van der Waals surface area contributed by atoms with Crippen LogP contribution in [0.2, 0.25) is 0 Å². The van der Waals surface area contributed by atoms with Crippen LogP contribution in [0.1, 0.15) is 19.3 Å². The molecule has 7 N–H and O–H groups in total. The zero-order valence-corrected chi connectivity index (χ0v) is 6.20. The fourth-order valence-corrected chi connectivity index (χ4v) is 1.23. The van der Waals surface area contributed by atoms with Crippen LogP contribution in [0.15, 0.2) is 0 Å². The van der Waals surface area contributed by atoms with E-state index in [2.05, 4.69) is 0 Å². The Bertz CT molecular complexity index is 72.0. The van der Waals surface area contributed by atoms with Crippen LogP contribution in [0.25, 0.3) is 0 Å². The van der Waals surface area contributed by atoms with Gasteiger partial charge in [-0.2, -0.15) is 0 Å². The molecule has 11 heavy (non-hydrogen) atoms. The lowest BCUT2D eigenvalue weighted by molar-refractivity contribution is -0.0247. The van der Waals surface area contributed by atoms with E-state index in [0.717, 1.165) is 0 Å². The van der Waals surface area contributed by atoms with Crippen LogP contribution in [-0.2, 0) is 0 Å². The Hall–Kier alpha value is -0.200. The maximum absolute atomic E-state index is 8.93. The fourth-order valence-electron chi connectivity index (χ4n) is 1.23. The summed E-state index contributed by atoms with van der Waals surface area (Å²) in [6.07, 6.45) is -0.290. The smallest absolute Gasteiger partial charge is 0.0589 e. The van der Waals surface area contributed by atoms with Gasteiger partial charge in [-0.05, 0) is 19.3 Å². The van der Waals surface area contributed by atoms with Crippen molar-refractivity contribution in [2.75, 3.05) is 0 Å². The minimum absolute atomic E-state index is 0. The molecule has 5 heteroatoms. The van der Waals surface area contributed by atoms with Gasteiger partial charge in [0.2, 0.25) is 0 Å². The highest BCUT2D eigenvalue weighted by atomic mass is 16.3. The molecule has 0 heterocycles. The first-order valence-electron chi connectivity index (χ1n) is 3.22. The highest BCUT2D eigenvalue weighted by Gasteiger charge is 2.24. The van der Waals surface area contributed by atoms with Crippen molar-refractivity contribution in [2.24, 2.45) is 0 Å². The number of aliphatic hydroxyl groups is 3. The van der Waals surface area contributed by atoms with Crippen molar-refractivity contribution < 1.29 is 26.3 Å². The van der Waals surface area contributed by atoms with Gasteiger partial charge in [0.1, 0.15) is 0 Å². The molecule has 1 fully saturated rings. The summed E-state index contributed by atoms with van der Waals surface area (Å²) in [5.41, 5.74) is 0. The summed E-state index contributed by atoms with van der Waals surface area (Å²) in [5, 5.41) is 26.8. The molecule has 0 spiro atoms. The number of hydrogen-bond acceptors (Lipinski definition) is 3. The molecule has 0 bridgehead atoms. The van der Waals surface area contributed by atoms with Gasteiger partial charge in [-0.25, -0.2) is 0 Å². The molecule has 1 rings (SSSR count). The van der Waals surface area contributed by atoms with Crippen molar-refractivity contribution in [3.05, 3.63) is 0 Å². The molecular formula is C6H16O5. The Labute approximate surface area is 64.9 Å². The lowest BCUT2D eigenvalue weighted by Gasteiger charge is -2.25. The molecule has 0 amide bonds. The summed E-state index contributed by atoms with van der Waals surface area (Å²) < 4.78 is 0. The van der Waals surface area contributed by atoms with Crippen molar-refractivity contribution in [1.29, 1.82) is 0 Å². The third kappa shape index (κ3) is 4.28. The van der Waals surface area contributed by atoms with Crippen LogP contribution < -0.4 is 0 Å². The molecule has 0 aliphatic heterocycles. The molecule has 1 aliphatic carbocycles. The van der Waals surface area contributed by atoms with E-state index in [1.54, 1.807) is 0 Å². The predicted octanol–water partition coefficient (Wildman–Crippen LogP) is -2.40. The summed E-state index contributed by atoms with van der Waals surface area (Å²) in [5.74, 6) is 0. The summed E-state index contributed by atoms with van der Waals surface area (Å²) >= 11 is 0. The van der Waals surface area contributed by atoms with Crippen LogP contribution >= 0.6 is 0 Å². The van der Waals surface area contributed by atoms with E-state index >= 15 is 0 Å². The van der Waals surface area contributed by atoms with Gasteiger partial charge >= 0.3 is 0 Å². The van der Waals surface area contributed by atoms with Crippen LogP contribution in [0.4, 0.5) is 0 Å². The summed E-state index contributed by atoms with van der Waals surface area (Å²) in [4.78, 5) is 0. The third-order valence-electron chi connectivity index (χ3n) is 1.63. The van der Waals surface area contributed by atoms with Gasteiger partial charge in [0, 0.05) is 0 Å². The first-order valence-corrected chi connectivity index (χ1v) is 3.22. The Morgan fingerprint density at radius 1 is 0.636 bits per heavy atom. The molecule has 5 nitrogen and oxygen atoms in total. The van der Waals surface area contributed by atoms with E-state index in [9.17, 15) is 0 Å². The average molecular weight is 168 g/mol. The highest BCUT2D eigenvalue weighted by Crippen LogP contribution is 2.18. The summed E-state index contributed by atoms with van der Waals surface area (Å²) in [7, 11) is 0. The molecule has 0 saturated heterocycles. The molecule has 1 saturated carbocycles. The van der Waals surface area contributed by atoms with E-state index < -0.39 is 18.3 Å². The van der Waals surface area contributed by atoms with Gasteiger partial charge in [0.05, 0.1) is 18.3 Å². The van der Waals surface area contributed by atoms with Crippen LogP contribution in [-0.4, -0.2) is 44.6 Å². The Morgan fingerprint density at radius 2 is 0.818 bits per heavy atom. The van der Waals surface area contributed by atoms with Crippen molar-refractivity contribution in [3.8, 4) is 0 Å². The van der Waals surface area contributed by atoms with Crippen molar-refractivity contribution in [2.45, 2.75) is 37.6 Å². The van der Waals surface area contributed by atoms with Gasteiger partial charge in [0.15, 0.2) is 0 Å². The summed E-state index contributed by atoms with van der Waals surface area (Å²) in [6, 6.07) is 0. The van der Waals surface area contributed by atoms with Gasteiger partial charge in [-0.3, -0.25) is 0 Å². The monoisotopic (exact) mass is 168 g/mol. The topological polar surface area (TPSA) is 124 Å². The normalized spacial score (nSPS) is 36.8. The van der Waals surface area contributed by atoms with Crippen molar-refractivity contribution in [3.63, 3.8) is 0 Å². The van der Waals surface area contributed by atoms with Crippen LogP contribution in [0.3, 0.4) is 0 Å². The second-order valence-electron chi connectivity index (χ2n) is 2.67. The molecule has 70 valence electrons. The summed E-state index contributed by atoms with van der Waals surface area (Å²) in [6.45, 7) is 0. The standard InChI is InChI=1S/C6H12O3.2H2O/c7-4-1-5(8)3-6(9)2-4;;/h4-9H,1-3H2;2*1H2. The second-order valence-corrected chi connectivity index (χ2v) is 2.67. The van der Waals surface area contributed by atoms with Crippen molar-refractivity contribution in [1.82, 2.24) is 0 Å². The Kier molecular flexibility index (Phi) is 6.64. The lowest BCUT2D eigenvalue weighted by atomic mass is 9.93. The predicted molar refractivity (Wildman–Crippen MR) is 39.1 cm³/mol. The largest absolute Gasteiger partial charge is 0.412 e. The number of rotatable bonds is 0. The fraction of sp³-hybridized carbons (Fsp3) is 1.00. The SMILES string of the molecule is O.O.OC1CC(O)CC(O)C1.